The number of rotatable bonds is 4. The predicted molar refractivity (Wildman–Crippen MR) is 319 cm³/mol. The minimum absolute atomic E-state index is 0.876. The van der Waals surface area contributed by atoms with Crippen LogP contribution in [0.5, 0.6) is 0 Å². The van der Waals surface area contributed by atoms with Crippen LogP contribution in [0, 0.1) is 0 Å². The van der Waals surface area contributed by atoms with Crippen molar-refractivity contribution in [2.75, 3.05) is 0 Å². The summed E-state index contributed by atoms with van der Waals surface area (Å²) in [4.78, 5) is 18.4. The Morgan fingerprint density at radius 3 is 1.01 bits per heavy atom. The Hall–Kier alpha value is -10.0. The average Bonchev–Trinajstić information content (AvgIpc) is 3.61. The summed E-state index contributed by atoms with van der Waals surface area (Å²) >= 11 is 1.87. The molecular weight excluding hydrogens is 971 g/mol. The zero-order valence-electron chi connectivity index (χ0n) is 41.7. The molecule has 8 heteroatoms. The van der Waals surface area contributed by atoms with Crippen molar-refractivity contribution in [3.8, 4) is 34.1 Å². The van der Waals surface area contributed by atoms with Crippen molar-refractivity contribution in [1.82, 2.24) is 33.2 Å². The van der Waals surface area contributed by atoms with Gasteiger partial charge in [0.15, 0.2) is 0 Å². The van der Waals surface area contributed by atoms with E-state index < -0.39 is 5.41 Å². The van der Waals surface area contributed by atoms with E-state index in [0.717, 1.165) is 99.7 Å². The van der Waals surface area contributed by atoms with Crippen LogP contribution in [-0.2, 0) is 5.41 Å². The third kappa shape index (κ3) is 5.36. The summed E-state index contributed by atoms with van der Waals surface area (Å²) in [5.74, 6) is 0. The van der Waals surface area contributed by atoms with Crippen LogP contribution in [0.2, 0.25) is 0 Å². The van der Waals surface area contributed by atoms with Gasteiger partial charge in [-0.1, -0.05) is 163 Å². The summed E-state index contributed by atoms with van der Waals surface area (Å²) in [5, 5.41) is 9.60. The fraction of sp³-hybridized carbons (Fsp3) is 0.0143. The number of hydrogen-bond donors (Lipinski definition) is 0. The Bertz CT molecular complexity index is 4740. The quantitative estimate of drug-likeness (QED) is 0.176. The molecule has 0 saturated heterocycles. The molecule has 362 valence electrons. The lowest BCUT2D eigenvalue weighted by Gasteiger charge is -2.41. The summed E-state index contributed by atoms with van der Waals surface area (Å²) in [5.41, 5.74) is 18.6. The van der Waals surface area contributed by atoms with Crippen molar-refractivity contribution in [2.45, 2.75) is 15.2 Å². The molecule has 1 aliphatic heterocycles. The second-order valence-electron chi connectivity index (χ2n) is 20.7. The van der Waals surface area contributed by atoms with E-state index in [2.05, 4.69) is 255 Å². The minimum Gasteiger partial charge on any atom is -0.308 e. The Labute approximate surface area is 450 Å². The first kappa shape index (κ1) is 42.2. The van der Waals surface area contributed by atoms with Crippen LogP contribution in [-0.4, -0.2) is 33.2 Å². The molecule has 18 rings (SSSR count). The van der Waals surface area contributed by atoms with E-state index in [-0.39, 0.29) is 0 Å². The lowest BCUT2D eigenvalue weighted by atomic mass is 9.67. The van der Waals surface area contributed by atoms with Gasteiger partial charge in [-0.2, -0.15) is 0 Å². The van der Waals surface area contributed by atoms with Crippen molar-refractivity contribution >= 4 is 99.0 Å². The van der Waals surface area contributed by atoms with E-state index in [4.69, 9.17) is 15.0 Å². The van der Waals surface area contributed by atoms with Crippen LogP contribution in [0.1, 0.15) is 22.3 Å². The van der Waals surface area contributed by atoms with Gasteiger partial charge < -0.3 is 18.3 Å². The highest BCUT2D eigenvalue weighted by Gasteiger charge is 2.53. The molecule has 0 unspecified atom stereocenters. The molecule has 0 bridgehead atoms. The van der Waals surface area contributed by atoms with Crippen molar-refractivity contribution in [1.29, 1.82) is 0 Å². The zero-order chi connectivity index (χ0) is 50.8. The molecular formula is C70H41N7S. The van der Waals surface area contributed by atoms with Crippen LogP contribution in [0.3, 0.4) is 0 Å². The van der Waals surface area contributed by atoms with Gasteiger partial charge in [0.2, 0.25) is 0 Å². The van der Waals surface area contributed by atoms with Crippen LogP contribution in [0.4, 0.5) is 0 Å². The molecule has 16 aromatic rings. The maximum absolute atomic E-state index is 5.65. The van der Waals surface area contributed by atoms with Crippen LogP contribution < -0.4 is 0 Å². The molecule has 0 fully saturated rings. The van der Waals surface area contributed by atoms with E-state index in [1.807, 2.05) is 24.2 Å². The molecule has 0 amide bonds. The average molecular weight is 1010 g/mol. The van der Waals surface area contributed by atoms with Crippen LogP contribution >= 0.6 is 11.8 Å². The second kappa shape index (κ2) is 15.5. The largest absolute Gasteiger partial charge is 0.308 e. The summed E-state index contributed by atoms with van der Waals surface area (Å²) in [7, 11) is 0. The Morgan fingerprint density at radius 1 is 0.295 bits per heavy atom. The molecule has 0 radical (unpaired) electrons. The molecule has 0 atom stereocenters. The second-order valence-corrected chi connectivity index (χ2v) is 21.7. The van der Waals surface area contributed by atoms with Crippen LogP contribution in [0.25, 0.3) is 121 Å². The lowest BCUT2D eigenvalue weighted by Crippen LogP contribution is -2.33. The van der Waals surface area contributed by atoms with Crippen molar-refractivity contribution in [3.63, 3.8) is 0 Å². The molecule has 0 saturated carbocycles. The number of para-hydroxylation sites is 7. The smallest absolute Gasteiger partial charge is 0.0939 e. The van der Waals surface area contributed by atoms with Gasteiger partial charge in [-0.3, -0.25) is 15.0 Å². The number of benzene rings is 9. The summed E-state index contributed by atoms with van der Waals surface area (Å²) in [6.07, 6.45) is 8.07. The van der Waals surface area contributed by atoms with E-state index in [0.29, 0.717) is 0 Å². The maximum Gasteiger partial charge on any atom is 0.0939 e. The minimum atomic E-state index is -0.939. The van der Waals surface area contributed by atoms with E-state index >= 15 is 0 Å². The highest BCUT2D eigenvalue weighted by Crippen LogP contribution is 2.64. The molecule has 8 heterocycles. The van der Waals surface area contributed by atoms with Gasteiger partial charge in [0.1, 0.15) is 0 Å². The van der Waals surface area contributed by atoms with E-state index in [1.54, 1.807) is 0 Å². The fourth-order valence-corrected chi connectivity index (χ4v) is 15.3. The van der Waals surface area contributed by atoms with Gasteiger partial charge in [0, 0.05) is 70.2 Å². The number of hydrogen-bond acceptors (Lipinski definition) is 4. The lowest BCUT2D eigenvalue weighted by molar-refractivity contribution is 0.713. The highest BCUT2D eigenvalue weighted by molar-refractivity contribution is 7.99. The predicted octanol–water partition coefficient (Wildman–Crippen LogP) is 17.1. The topological polar surface area (TPSA) is 58.4 Å². The van der Waals surface area contributed by atoms with E-state index in [1.165, 1.54) is 53.7 Å². The van der Waals surface area contributed by atoms with Gasteiger partial charge in [-0.15, -0.1) is 0 Å². The molecule has 1 aliphatic carbocycles. The molecule has 2 aliphatic rings. The fourth-order valence-electron chi connectivity index (χ4n) is 13.9. The monoisotopic (exact) mass is 1010 g/mol. The molecule has 78 heavy (non-hydrogen) atoms. The SMILES string of the molecule is c1cc(-n2c3ccccc3c3ccccc32)c2c(c1)C1(c3cc(-n4c5ccccc5c5ccccc54)cnc3-c3ncc(-n4c5ccccc5c5ccccc54)cc31)c1cccc(-n3c4ccccc4c4ccncc43)c1S2. The Balaban J connectivity index is 1.02. The Kier molecular flexibility index (Phi) is 8.41. The third-order valence-corrected chi connectivity index (χ3v) is 18.3. The summed E-state index contributed by atoms with van der Waals surface area (Å²) in [6, 6.07) is 82.5. The van der Waals surface area contributed by atoms with Crippen molar-refractivity contribution in [3.05, 3.63) is 271 Å². The summed E-state index contributed by atoms with van der Waals surface area (Å²) < 4.78 is 9.75. The van der Waals surface area contributed by atoms with Gasteiger partial charge in [0.05, 0.1) is 102 Å². The number of fused-ring (bicyclic) bond motifs is 21. The van der Waals surface area contributed by atoms with Gasteiger partial charge in [-0.05, 0) is 83.9 Å². The van der Waals surface area contributed by atoms with Crippen LogP contribution in [0.15, 0.2) is 259 Å². The van der Waals surface area contributed by atoms with E-state index in [9.17, 15) is 0 Å². The first-order chi connectivity index (χ1) is 38.7. The molecule has 0 N–H and O–H groups in total. The maximum atomic E-state index is 5.65. The molecule has 7 nitrogen and oxygen atoms in total. The summed E-state index contributed by atoms with van der Waals surface area (Å²) in [6.45, 7) is 0. The van der Waals surface area contributed by atoms with Gasteiger partial charge in [-0.25, -0.2) is 0 Å². The van der Waals surface area contributed by atoms with Crippen molar-refractivity contribution in [2.24, 2.45) is 0 Å². The van der Waals surface area contributed by atoms with Gasteiger partial charge >= 0.3 is 0 Å². The zero-order valence-corrected chi connectivity index (χ0v) is 42.5. The molecule has 9 aromatic carbocycles. The Morgan fingerprint density at radius 2 is 0.628 bits per heavy atom. The first-order valence-corrected chi connectivity index (χ1v) is 27.3. The molecule has 7 aromatic heterocycles. The number of aromatic nitrogens is 7. The number of nitrogens with zero attached hydrogens (tertiary/aromatic N) is 7. The third-order valence-electron chi connectivity index (χ3n) is 17.0. The van der Waals surface area contributed by atoms with Gasteiger partial charge in [0.25, 0.3) is 0 Å². The first-order valence-electron chi connectivity index (χ1n) is 26.5. The molecule has 1 spiro atoms. The number of pyridine rings is 3. The standard InChI is InChI=1S/C70H41N7S/c1-8-26-56-44(17-1)45-18-2-9-27-57(45)74(56)42-37-54-66(72-39-42)67-55(38-43(40-73-67)75-58-28-10-3-19-46(58)47-20-4-11-29-59(47)75)70(54)52-24-15-33-63(76-60-30-12-5-21-48(60)49-22-6-13-31-61(49)76)68(52)78-69-53(70)25-16-34-64(69)77-62-32-14-7-23-50(62)51-35-36-71-41-65(51)77/h1-41H. The highest BCUT2D eigenvalue weighted by atomic mass is 32.2. The van der Waals surface area contributed by atoms with Crippen molar-refractivity contribution < 1.29 is 0 Å². The normalized spacial score (nSPS) is 13.4.